The van der Waals surface area contributed by atoms with E-state index < -0.39 is 11.6 Å². The van der Waals surface area contributed by atoms with Crippen LogP contribution in [0.25, 0.3) is 0 Å². The van der Waals surface area contributed by atoms with E-state index in [2.05, 4.69) is 21.2 Å². The Bertz CT molecular complexity index is 353. The molecule has 5 heteroatoms. The largest absolute Gasteiger partial charge is 0.365 e. The van der Waals surface area contributed by atoms with Crippen LogP contribution in [0.15, 0.2) is 16.6 Å². The molecular weight excluding hydrogens is 278 g/mol. The van der Waals surface area contributed by atoms with E-state index in [1.807, 2.05) is 0 Å². The lowest BCUT2D eigenvalue weighted by Gasteiger charge is -2.23. The van der Waals surface area contributed by atoms with Gasteiger partial charge < -0.3 is 10.2 Å². The molecule has 0 spiro atoms. The lowest BCUT2D eigenvalue weighted by atomic mass is 10.2. The van der Waals surface area contributed by atoms with Crippen molar-refractivity contribution in [3.8, 4) is 0 Å². The maximum Gasteiger partial charge on any atom is 0.150 e. The van der Waals surface area contributed by atoms with Crippen LogP contribution in [0.2, 0.25) is 0 Å². The molecule has 1 aromatic carbocycles. The minimum atomic E-state index is -0.506. The summed E-state index contributed by atoms with van der Waals surface area (Å²) in [7, 11) is 0. The van der Waals surface area contributed by atoms with Crippen LogP contribution >= 0.6 is 15.9 Å². The van der Waals surface area contributed by atoms with Crippen LogP contribution in [0.4, 0.5) is 14.5 Å². The first-order valence-electron chi connectivity index (χ1n) is 5.28. The van der Waals surface area contributed by atoms with Gasteiger partial charge in [0.25, 0.3) is 0 Å². The standard InChI is InChI=1S/C11H13BrF2N2/c12-8-6-9(13)11(10(14)7-8)16-4-1-2-15-3-5-16/h6-7,15H,1-5H2. The first-order valence-corrected chi connectivity index (χ1v) is 6.08. The van der Waals surface area contributed by atoms with Crippen LogP contribution in [-0.4, -0.2) is 26.2 Å². The number of hydrogen-bond donors (Lipinski definition) is 1. The Hall–Kier alpha value is -0.680. The Morgan fingerprint density at radius 1 is 1.12 bits per heavy atom. The molecule has 0 amide bonds. The summed E-state index contributed by atoms with van der Waals surface area (Å²) < 4.78 is 27.8. The van der Waals surface area contributed by atoms with Crippen molar-refractivity contribution >= 4 is 21.6 Å². The van der Waals surface area contributed by atoms with Gasteiger partial charge in [-0.1, -0.05) is 15.9 Å². The Kier molecular flexibility index (Phi) is 3.76. The normalized spacial score (nSPS) is 17.3. The molecule has 2 rings (SSSR count). The van der Waals surface area contributed by atoms with Gasteiger partial charge in [0.2, 0.25) is 0 Å². The van der Waals surface area contributed by atoms with E-state index in [4.69, 9.17) is 0 Å². The zero-order valence-electron chi connectivity index (χ0n) is 8.77. The maximum atomic E-state index is 13.7. The quantitative estimate of drug-likeness (QED) is 0.855. The summed E-state index contributed by atoms with van der Waals surface area (Å²) in [5, 5.41) is 3.20. The van der Waals surface area contributed by atoms with Crippen molar-refractivity contribution in [1.82, 2.24) is 5.32 Å². The van der Waals surface area contributed by atoms with Crippen molar-refractivity contribution in [2.24, 2.45) is 0 Å². The predicted octanol–water partition coefficient (Wildman–Crippen LogP) is 2.53. The molecule has 0 radical (unpaired) electrons. The molecule has 16 heavy (non-hydrogen) atoms. The molecule has 1 saturated heterocycles. The Morgan fingerprint density at radius 2 is 1.81 bits per heavy atom. The molecule has 1 aromatic rings. The molecule has 1 aliphatic rings. The average molecular weight is 291 g/mol. The third-order valence-electron chi connectivity index (χ3n) is 2.64. The molecule has 1 heterocycles. The predicted molar refractivity (Wildman–Crippen MR) is 63.8 cm³/mol. The van der Waals surface area contributed by atoms with Crippen LogP contribution < -0.4 is 10.2 Å². The van der Waals surface area contributed by atoms with Crippen molar-refractivity contribution in [3.05, 3.63) is 28.2 Å². The second-order valence-corrected chi connectivity index (χ2v) is 4.72. The molecule has 0 saturated carbocycles. The Balaban J connectivity index is 2.31. The fourth-order valence-corrected chi connectivity index (χ4v) is 2.31. The summed E-state index contributed by atoms with van der Waals surface area (Å²) in [6.07, 6.45) is 0.898. The lowest BCUT2D eigenvalue weighted by Crippen LogP contribution is -2.29. The lowest BCUT2D eigenvalue weighted by molar-refractivity contribution is 0.570. The number of rotatable bonds is 1. The van der Waals surface area contributed by atoms with E-state index in [0.717, 1.165) is 19.5 Å². The molecular formula is C11H13BrF2N2. The van der Waals surface area contributed by atoms with Gasteiger partial charge in [0.05, 0.1) is 0 Å². The Morgan fingerprint density at radius 3 is 2.50 bits per heavy atom. The van der Waals surface area contributed by atoms with Gasteiger partial charge in [0.15, 0.2) is 11.6 Å². The number of nitrogens with zero attached hydrogens (tertiary/aromatic N) is 1. The first kappa shape index (κ1) is 11.8. The van der Waals surface area contributed by atoms with Crippen molar-refractivity contribution in [3.63, 3.8) is 0 Å². The highest BCUT2D eigenvalue weighted by Gasteiger charge is 2.18. The average Bonchev–Trinajstić information content (AvgIpc) is 2.44. The van der Waals surface area contributed by atoms with Gasteiger partial charge in [-0.2, -0.15) is 0 Å². The molecule has 88 valence electrons. The molecule has 0 atom stereocenters. The third-order valence-corrected chi connectivity index (χ3v) is 3.10. The molecule has 1 fully saturated rings. The highest BCUT2D eigenvalue weighted by atomic mass is 79.9. The monoisotopic (exact) mass is 290 g/mol. The third kappa shape index (κ3) is 2.52. The second-order valence-electron chi connectivity index (χ2n) is 3.81. The fraction of sp³-hybridized carbons (Fsp3) is 0.455. The van der Waals surface area contributed by atoms with Crippen molar-refractivity contribution < 1.29 is 8.78 Å². The van der Waals surface area contributed by atoms with Gasteiger partial charge in [-0.05, 0) is 25.1 Å². The van der Waals surface area contributed by atoms with E-state index in [0.29, 0.717) is 17.6 Å². The minimum Gasteiger partial charge on any atom is -0.365 e. The van der Waals surface area contributed by atoms with E-state index >= 15 is 0 Å². The van der Waals surface area contributed by atoms with Crippen LogP contribution in [0, 0.1) is 11.6 Å². The van der Waals surface area contributed by atoms with Crippen LogP contribution in [0.3, 0.4) is 0 Å². The van der Waals surface area contributed by atoms with Gasteiger partial charge in [0.1, 0.15) is 5.69 Å². The molecule has 0 aromatic heterocycles. The van der Waals surface area contributed by atoms with E-state index in [-0.39, 0.29) is 5.69 Å². The van der Waals surface area contributed by atoms with E-state index in [1.54, 1.807) is 4.90 Å². The first-order chi connectivity index (χ1) is 7.68. The summed E-state index contributed by atoms with van der Waals surface area (Å²) >= 11 is 3.08. The minimum absolute atomic E-state index is 0.0897. The number of benzene rings is 1. The Labute approximate surface area is 102 Å². The molecule has 0 aliphatic carbocycles. The summed E-state index contributed by atoms with van der Waals surface area (Å²) in [5.74, 6) is -1.01. The summed E-state index contributed by atoms with van der Waals surface area (Å²) in [6.45, 7) is 2.98. The second kappa shape index (κ2) is 5.10. The van der Waals surface area contributed by atoms with Crippen molar-refractivity contribution in [2.75, 3.05) is 31.1 Å². The summed E-state index contributed by atoms with van der Waals surface area (Å²) in [6, 6.07) is 2.60. The van der Waals surface area contributed by atoms with Gasteiger partial charge in [0, 0.05) is 24.1 Å². The smallest absolute Gasteiger partial charge is 0.150 e. The van der Waals surface area contributed by atoms with Crippen molar-refractivity contribution in [1.29, 1.82) is 0 Å². The number of hydrogen-bond acceptors (Lipinski definition) is 2. The zero-order chi connectivity index (χ0) is 11.5. The van der Waals surface area contributed by atoms with Gasteiger partial charge >= 0.3 is 0 Å². The number of anilines is 1. The summed E-state index contributed by atoms with van der Waals surface area (Å²) in [5.41, 5.74) is 0.0897. The van der Waals surface area contributed by atoms with Crippen LogP contribution in [0.5, 0.6) is 0 Å². The van der Waals surface area contributed by atoms with E-state index in [1.165, 1.54) is 12.1 Å². The van der Waals surface area contributed by atoms with Crippen molar-refractivity contribution in [2.45, 2.75) is 6.42 Å². The van der Waals surface area contributed by atoms with Gasteiger partial charge in [-0.25, -0.2) is 8.78 Å². The topological polar surface area (TPSA) is 15.3 Å². The molecule has 2 nitrogen and oxygen atoms in total. The maximum absolute atomic E-state index is 13.7. The van der Waals surface area contributed by atoms with Gasteiger partial charge in [-0.15, -0.1) is 0 Å². The van der Waals surface area contributed by atoms with E-state index in [9.17, 15) is 8.78 Å². The SMILES string of the molecule is Fc1cc(Br)cc(F)c1N1CCCNCC1. The highest BCUT2D eigenvalue weighted by Crippen LogP contribution is 2.27. The number of halogens is 3. The molecule has 0 bridgehead atoms. The molecule has 1 aliphatic heterocycles. The molecule has 0 unspecified atom stereocenters. The molecule has 1 N–H and O–H groups in total. The van der Waals surface area contributed by atoms with Crippen LogP contribution in [-0.2, 0) is 0 Å². The zero-order valence-corrected chi connectivity index (χ0v) is 10.4. The van der Waals surface area contributed by atoms with Gasteiger partial charge in [-0.3, -0.25) is 0 Å². The number of nitrogens with one attached hydrogen (secondary N) is 1. The summed E-state index contributed by atoms with van der Waals surface area (Å²) in [4.78, 5) is 1.76. The highest BCUT2D eigenvalue weighted by molar-refractivity contribution is 9.10. The van der Waals surface area contributed by atoms with Crippen LogP contribution in [0.1, 0.15) is 6.42 Å². The fourth-order valence-electron chi connectivity index (χ4n) is 1.91.